The monoisotopic (exact) mass is 261 g/mol. The van der Waals surface area contributed by atoms with Gasteiger partial charge in [-0.05, 0) is 53.5 Å². The molecule has 3 heteroatoms. The summed E-state index contributed by atoms with van der Waals surface area (Å²) < 4.78 is 1.23. The standard InChI is InChI=1S/C10H16BrNS/c1-3-12-7-8(2)6-9-4-5-10(11)13-9/h4-5,8,12H,3,6-7H2,1-2H3. The maximum atomic E-state index is 3.48. The smallest absolute Gasteiger partial charge is 0.0701 e. The Kier molecular flexibility index (Phi) is 4.99. The van der Waals surface area contributed by atoms with Gasteiger partial charge in [0.25, 0.3) is 0 Å². The molecule has 74 valence electrons. The Balaban J connectivity index is 2.31. The van der Waals surface area contributed by atoms with Gasteiger partial charge in [0, 0.05) is 4.88 Å². The van der Waals surface area contributed by atoms with E-state index in [4.69, 9.17) is 0 Å². The predicted octanol–water partition coefficient (Wildman–Crippen LogP) is 3.30. The summed E-state index contributed by atoms with van der Waals surface area (Å²) in [7, 11) is 0. The average molecular weight is 262 g/mol. The van der Waals surface area contributed by atoms with Crippen LogP contribution in [0.4, 0.5) is 0 Å². The van der Waals surface area contributed by atoms with E-state index in [0.717, 1.165) is 19.0 Å². The summed E-state index contributed by atoms with van der Waals surface area (Å²) in [6, 6.07) is 4.33. The second-order valence-corrected chi connectivity index (χ2v) is 5.87. The lowest BCUT2D eigenvalue weighted by atomic mass is 10.1. The van der Waals surface area contributed by atoms with Gasteiger partial charge in [0.2, 0.25) is 0 Å². The van der Waals surface area contributed by atoms with Gasteiger partial charge in [0.1, 0.15) is 0 Å². The number of thiophene rings is 1. The SMILES string of the molecule is CCNCC(C)Cc1ccc(Br)s1. The second kappa shape index (κ2) is 5.78. The van der Waals surface area contributed by atoms with Crippen LogP contribution in [-0.2, 0) is 6.42 Å². The van der Waals surface area contributed by atoms with Gasteiger partial charge in [-0.2, -0.15) is 0 Å². The quantitative estimate of drug-likeness (QED) is 0.858. The molecule has 13 heavy (non-hydrogen) atoms. The van der Waals surface area contributed by atoms with Crippen molar-refractivity contribution < 1.29 is 0 Å². The molecule has 1 rings (SSSR count). The fourth-order valence-corrected chi connectivity index (χ4v) is 2.91. The van der Waals surface area contributed by atoms with Crippen molar-refractivity contribution in [2.45, 2.75) is 20.3 Å². The molecule has 0 saturated heterocycles. The molecule has 0 saturated carbocycles. The molecule has 1 aromatic rings. The van der Waals surface area contributed by atoms with E-state index >= 15 is 0 Å². The van der Waals surface area contributed by atoms with Gasteiger partial charge in [-0.1, -0.05) is 13.8 Å². The highest BCUT2D eigenvalue weighted by Gasteiger charge is 2.04. The summed E-state index contributed by atoms with van der Waals surface area (Å²) in [5.41, 5.74) is 0. The summed E-state index contributed by atoms with van der Waals surface area (Å²) in [4.78, 5) is 1.47. The maximum Gasteiger partial charge on any atom is 0.0701 e. The van der Waals surface area contributed by atoms with Crippen LogP contribution in [-0.4, -0.2) is 13.1 Å². The lowest BCUT2D eigenvalue weighted by Crippen LogP contribution is -2.21. The van der Waals surface area contributed by atoms with Gasteiger partial charge in [-0.3, -0.25) is 0 Å². The van der Waals surface area contributed by atoms with Crippen LogP contribution in [0.25, 0.3) is 0 Å². The molecule has 0 bridgehead atoms. The van der Waals surface area contributed by atoms with E-state index in [1.807, 2.05) is 11.3 Å². The fourth-order valence-electron chi connectivity index (χ4n) is 1.27. The van der Waals surface area contributed by atoms with Crippen molar-refractivity contribution in [3.8, 4) is 0 Å². The van der Waals surface area contributed by atoms with Crippen LogP contribution in [0.5, 0.6) is 0 Å². The maximum absolute atomic E-state index is 3.48. The van der Waals surface area contributed by atoms with Crippen molar-refractivity contribution in [2.24, 2.45) is 5.92 Å². The topological polar surface area (TPSA) is 12.0 Å². The van der Waals surface area contributed by atoms with E-state index in [0.29, 0.717) is 0 Å². The molecular weight excluding hydrogens is 246 g/mol. The zero-order chi connectivity index (χ0) is 9.68. The minimum absolute atomic E-state index is 0.727. The summed E-state index contributed by atoms with van der Waals surface area (Å²) in [6.45, 7) is 6.62. The van der Waals surface area contributed by atoms with E-state index in [-0.39, 0.29) is 0 Å². The Morgan fingerprint density at radius 2 is 2.31 bits per heavy atom. The van der Waals surface area contributed by atoms with E-state index in [1.54, 1.807) is 0 Å². The molecule has 1 nitrogen and oxygen atoms in total. The number of hydrogen-bond acceptors (Lipinski definition) is 2. The Bertz CT molecular complexity index is 247. The molecule has 1 unspecified atom stereocenters. The van der Waals surface area contributed by atoms with Gasteiger partial charge in [0.05, 0.1) is 3.79 Å². The summed E-state index contributed by atoms with van der Waals surface area (Å²) in [5.74, 6) is 0.727. The summed E-state index contributed by atoms with van der Waals surface area (Å²) >= 11 is 5.32. The van der Waals surface area contributed by atoms with Crippen molar-refractivity contribution >= 4 is 27.3 Å². The highest BCUT2D eigenvalue weighted by atomic mass is 79.9. The first-order chi connectivity index (χ1) is 6.22. The molecule has 0 aliphatic heterocycles. The zero-order valence-electron chi connectivity index (χ0n) is 8.14. The number of rotatable bonds is 5. The van der Waals surface area contributed by atoms with Crippen LogP contribution in [0.15, 0.2) is 15.9 Å². The van der Waals surface area contributed by atoms with Crippen LogP contribution in [0, 0.1) is 5.92 Å². The van der Waals surface area contributed by atoms with Crippen molar-refractivity contribution in [1.82, 2.24) is 5.32 Å². The highest BCUT2D eigenvalue weighted by molar-refractivity contribution is 9.11. The fraction of sp³-hybridized carbons (Fsp3) is 0.600. The van der Waals surface area contributed by atoms with Gasteiger partial charge in [-0.25, -0.2) is 0 Å². The Hall–Kier alpha value is 0.140. The van der Waals surface area contributed by atoms with Crippen LogP contribution >= 0.6 is 27.3 Å². The minimum atomic E-state index is 0.727. The molecule has 0 amide bonds. The van der Waals surface area contributed by atoms with Gasteiger partial charge < -0.3 is 5.32 Å². The van der Waals surface area contributed by atoms with Crippen molar-refractivity contribution in [3.63, 3.8) is 0 Å². The van der Waals surface area contributed by atoms with Crippen LogP contribution in [0.1, 0.15) is 18.7 Å². The number of hydrogen-bond donors (Lipinski definition) is 1. The third kappa shape index (κ3) is 4.25. The minimum Gasteiger partial charge on any atom is -0.317 e. The van der Waals surface area contributed by atoms with E-state index in [1.165, 1.54) is 15.1 Å². The first kappa shape index (κ1) is 11.2. The van der Waals surface area contributed by atoms with Crippen LogP contribution in [0.3, 0.4) is 0 Å². The second-order valence-electron chi connectivity index (χ2n) is 3.32. The van der Waals surface area contributed by atoms with Crippen LogP contribution in [0.2, 0.25) is 0 Å². The van der Waals surface area contributed by atoms with Crippen LogP contribution < -0.4 is 5.32 Å². The molecule has 0 aliphatic rings. The van der Waals surface area contributed by atoms with Crippen molar-refractivity contribution in [1.29, 1.82) is 0 Å². The first-order valence-corrected chi connectivity index (χ1v) is 6.28. The largest absolute Gasteiger partial charge is 0.317 e. The summed E-state index contributed by atoms with van der Waals surface area (Å²) in [5, 5.41) is 3.37. The number of nitrogens with one attached hydrogen (secondary N) is 1. The van der Waals surface area contributed by atoms with Gasteiger partial charge in [-0.15, -0.1) is 11.3 Å². The van der Waals surface area contributed by atoms with Gasteiger partial charge >= 0.3 is 0 Å². The molecule has 1 atom stereocenters. The molecule has 0 radical (unpaired) electrons. The Morgan fingerprint density at radius 1 is 1.54 bits per heavy atom. The Labute approximate surface area is 92.7 Å². The third-order valence-electron chi connectivity index (χ3n) is 1.92. The molecule has 0 spiro atoms. The van der Waals surface area contributed by atoms with E-state index in [9.17, 15) is 0 Å². The number of halogens is 1. The molecule has 1 heterocycles. The van der Waals surface area contributed by atoms with E-state index in [2.05, 4.69) is 47.2 Å². The molecule has 0 fully saturated rings. The molecule has 0 aliphatic carbocycles. The molecular formula is C10H16BrNS. The zero-order valence-corrected chi connectivity index (χ0v) is 10.5. The molecule has 1 aromatic heterocycles. The predicted molar refractivity (Wildman–Crippen MR) is 63.4 cm³/mol. The van der Waals surface area contributed by atoms with E-state index < -0.39 is 0 Å². The molecule has 1 N–H and O–H groups in total. The lowest BCUT2D eigenvalue weighted by molar-refractivity contribution is 0.525. The normalized spacial score (nSPS) is 13.2. The van der Waals surface area contributed by atoms with Crippen molar-refractivity contribution in [3.05, 3.63) is 20.8 Å². The van der Waals surface area contributed by atoms with Gasteiger partial charge in [0.15, 0.2) is 0 Å². The highest BCUT2D eigenvalue weighted by Crippen LogP contribution is 2.24. The first-order valence-electron chi connectivity index (χ1n) is 4.67. The Morgan fingerprint density at radius 3 is 2.85 bits per heavy atom. The van der Waals surface area contributed by atoms with Crippen molar-refractivity contribution in [2.75, 3.05) is 13.1 Å². The lowest BCUT2D eigenvalue weighted by Gasteiger charge is -2.09. The average Bonchev–Trinajstić information content (AvgIpc) is 2.48. The third-order valence-corrected chi connectivity index (χ3v) is 3.57. The molecule has 0 aromatic carbocycles. The summed E-state index contributed by atoms with van der Waals surface area (Å²) in [6.07, 6.45) is 1.18.